The average Bonchev–Trinajstić information content (AvgIpc) is 3.37. The minimum Gasteiger partial charge on any atom is -0.496 e. The van der Waals surface area contributed by atoms with Gasteiger partial charge >= 0.3 is 0 Å². The predicted molar refractivity (Wildman–Crippen MR) is 133 cm³/mol. The van der Waals surface area contributed by atoms with Gasteiger partial charge in [-0.25, -0.2) is 0 Å². The third-order valence-electron chi connectivity index (χ3n) is 6.97. The van der Waals surface area contributed by atoms with Gasteiger partial charge in [0.1, 0.15) is 11.4 Å². The minimum absolute atomic E-state index is 0.335. The number of methoxy groups -OCH3 is 1. The molecule has 0 aliphatic carbocycles. The molecular formula is C28H34N4O2. The third-order valence-corrected chi connectivity index (χ3v) is 6.97. The number of likely N-dealkylation sites (tertiary alicyclic amines) is 1. The van der Waals surface area contributed by atoms with E-state index in [1.54, 1.807) is 7.11 Å². The summed E-state index contributed by atoms with van der Waals surface area (Å²) < 4.78 is 11.1. The van der Waals surface area contributed by atoms with Crippen molar-refractivity contribution < 1.29 is 9.26 Å². The maximum atomic E-state index is 9.91. The van der Waals surface area contributed by atoms with Gasteiger partial charge in [-0.15, -0.1) is 0 Å². The van der Waals surface area contributed by atoms with E-state index in [4.69, 9.17) is 9.26 Å². The standard InChI is InChI=1S/C28H34N4O2/c1-3-31(21-24-20-26(30-34-24)25-12-7-8-13-27(25)33-2)16-9-17-32-18-14-28(22-29,15-19-32)23-10-5-4-6-11-23/h4-8,10-13,20H,3,9,14-19,21H2,1-2H3. The summed E-state index contributed by atoms with van der Waals surface area (Å²) in [4.78, 5) is 4.89. The van der Waals surface area contributed by atoms with Crippen molar-refractivity contribution in [2.24, 2.45) is 0 Å². The van der Waals surface area contributed by atoms with Crippen molar-refractivity contribution in [1.29, 1.82) is 5.26 Å². The Morgan fingerprint density at radius 3 is 2.56 bits per heavy atom. The molecule has 0 saturated carbocycles. The Morgan fingerprint density at radius 1 is 1.12 bits per heavy atom. The molecule has 2 heterocycles. The molecule has 2 aromatic carbocycles. The highest BCUT2D eigenvalue weighted by Gasteiger charge is 2.36. The molecule has 0 atom stereocenters. The van der Waals surface area contributed by atoms with Crippen molar-refractivity contribution in [1.82, 2.24) is 15.0 Å². The van der Waals surface area contributed by atoms with Gasteiger partial charge in [0.2, 0.25) is 0 Å². The Labute approximate surface area is 202 Å². The van der Waals surface area contributed by atoms with E-state index in [2.05, 4.69) is 40.1 Å². The van der Waals surface area contributed by atoms with Crippen LogP contribution in [0.4, 0.5) is 0 Å². The SMILES string of the molecule is CCN(CCCN1CCC(C#N)(c2ccccc2)CC1)Cc1cc(-c2ccccc2OC)no1. The van der Waals surface area contributed by atoms with Crippen LogP contribution in [0, 0.1) is 11.3 Å². The van der Waals surface area contributed by atoms with Gasteiger partial charge in [-0.1, -0.05) is 54.5 Å². The zero-order chi connectivity index (χ0) is 23.8. The number of nitriles is 1. The Bertz CT molecular complexity index is 1080. The third kappa shape index (κ3) is 5.49. The summed E-state index contributed by atoms with van der Waals surface area (Å²) in [5, 5.41) is 14.2. The molecule has 0 radical (unpaired) electrons. The molecule has 1 fully saturated rings. The molecule has 3 aromatic rings. The van der Waals surface area contributed by atoms with Gasteiger partial charge in [0, 0.05) is 11.6 Å². The van der Waals surface area contributed by atoms with Crippen LogP contribution in [0.15, 0.2) is 65.2 Å². The lowest BCUT2D eigenvalue weighted by Gasteiger charge is -2.37. The molecule has 1 aliphatic heterocycles. The van der Waals surface area contributed by atoms with Crippen LogP contribution in [0.5, 0.6) is 5.75 Å². The molecule has 1 aliphatic rings. The van der Waals surface area contributed by atoms with Crippen molar-refractivity contribution in [2.45, 2.75) is 38.1 Å². The van der Waals surface area contributed by atoms with Crippen LogP contribution in [0.25, 0.3) is 11.3 Å². The summed E-state index contributed by atoms with van der Waals surface area (Å²) in [7, 11) is 1.67. The molecule has 6 heteroatoms. The van der Waals surface area contributed by atoms with E-state index in [1.807, 2.05) is 48.5 Å². The molecule has 4 rings (SSSR count). The number of hydrogen-bond donors (Lipinski definition) is 0. The van der Waals surface area contributed by atoms with Gasteiger partial charge in [-0.05, 0) is 69.7 Å². The summed E-state index contributed by atoms with van der Waals surface area (Å²) in [6.45, 7) is 7.87. The first-order chi connectivity index (χ1) is 16.7. The van der Waals surface area contributed by atoms with E-state index in [0.717, 1.165) is 86.9 Å². The van der Waals surface area contributed by atoms with Gasteiger partial charge in [0.25, 0.3) is 0 Å². The Balaban J connectivity index is 1.26. The first-order valence-electron chi connectivity index (χ1n) is 12.2. The van der Waals surface area contributed by atoms with Crippen molar-refractivity contribution in [3.63, 3.8) is 0 Å². The molecule has 178 valence electrons. The smallest absolute Gasteiger partial charge is 0.151 e. The number of benzene rings is 2. The van der Waals surface area contributed by atoms with Crippen LogP contribution in [0.2, 0.25) is 0 Å². The number of aromatic nitrogens is 1. The molecule has 0 N–H and O–H groups in total. The van der Waals surface area contributed by atoms with Gasteiger partial charge in [0.15, 0.2) is 5.76 Å². The van der Waals surface area contributed by atoms with E-state index in [9.17, 15) is 5.26 Å². The molecule has 1 aromatic heterocycles. The summed E-state index contributed by atoms with van der Waals surface area (Å²) in [5.74, 6) is 1.66. The largest absolute Gasteiger partial charge is 0.496 e. The van der Waals surface area contributed by atoms with Gasteiger partial charge in [0.05, 0.1) is 25.1 Å². The van der Waals surface area contributed by atoms with Gasteiger partial charge < -0.3 is 14.2 Å². The van der Waals surface area contributed by atoms with E-state index in [0.29, 0.717) is 0 Å². The van der Waals surface area contributed by atoms with E-state index >= 15 is 0 Å². The fraction of sp³-hybridized carbons (Fsp3) is 0.429. The monoisotopic (exact) mass is 458 g/mol. The van der Waals surface area contributed by atoms with E-state index < -0.39 is 0 Å². The van der Waals surface area contributed by atoms with Crippen molar-refractivity contribution in [3.05, 3.63) is 72.0 Å². The number of ether oxygens (including phenoxy) is 1. The lowest BCUT2D eigenvalue weighted by atomic mass is 9.74. The van der Waals surface area contributed by atoms with Gasteiger partial charge in [-0.3, -0.25) is 4.90 Å². The first kappa shape index (κ1) is 24.0. The normalized spacial score (nSPS) is 15.8. The summed E-state index contributed by atoms with van der Waals surface area (Å²) in [6, 6.07) is 22.8. The van der Waals surface area contributed by atoms with Crippen LogP contribution in [-0.2, 0) is 12.0 Å². The van der Waals surface area contributed by atoms with Crippen molar-refractivity contribution in [2.75, 3.05) is 39.8 Å². The van der Waals surface area contributed by atoms with Crippen LogP contribution in [0.1, 0.15) is 37.5 Å². The number of para-hydroxylation sites is 1. The Morgan fingerprint density at radius 2 is 1.85 bits per heavy atom. The van der Waals surface area contributed by atoms with Crippen LogP contribution < -0.4 is 4.74 Å². The highest BCUT2D eigenvalue weighted by molar-refractivity contribution is 5.66. The highest BCUT2D eigenvalue weighted by atomic mass is 16.5. The van der Waals surface area contributed by atoms with Gasteiger partial charge in [-0.2, -0.15) is 5.26 Å². The predicted octanol–water partition coefficient (Wildman–Crippen LogP) is 5.12. The Hall–Kier alpha value is -3.14. The molecule has 6 nitrogen and oxygen atoms in total. The maximum absolute atomic E-state index is 9.91. The quantitative estimate of drug-likeness (QED) is 0.420. The zero-order valence-electron chi connectivity index (χ0n) is 20.2. The summed E-state index contributed by atoms with van der Waals surface area (Å²) >= 11 is 0. The zero-order valence-corrected chi connectivity index (χ0v) is 20.2. The number of hydrogen-bond acceptors (Lipinski definition) is 6. The molecule has 0 unspecified atom stereocenters. The summed E-state index contributed by atoms with van der Waals surface area (Å²) in [5.41, 5.74) is 2.57. The molecular weight excluding hydrogens is 424 g/mol. The molecule has 1 saturated heterocycles. The number of rotatable bonds is 10. The average molecular weight is 459 g/mol. The second-order valence-electron chi connectivity index (χ2n) is 9.00. The minimum atomic E-state index is -0.335. The lowest BCUT2D eigenvalue weighted by molar-refractivity contribution is 0.168. The lowest BCUT2D eigenvalue weighted by Crippen LogP contribution is -2.42. The van der Waals surface area contributed by atoms with Crippen LogP contribution in [0.3, 0.4) is 0 Å². The molecule has 34 heavy (non-hydrogen) atoms. The second-order valence-corrected chi connectivity index (χ2v) is 9.00. The number of piperidine rings is 1. The van der Waals surface area contributed by atoms with E-state index in [-0.39, 0.29) is 5.41 Å². The second kappa shape index (κ2) is 11.3. The summed E-state index contributed by atoms with van der Waals surface area (Å²) in [6.07, 6.45) is 2.88. The molecule has 0 amide bonds. The van der Waals surface area contributed by atoms with Crippen molar-refractivity contribution >= 4 is 0 Å². The molecule has 0 bridgehead atoms. The topological polar surface area (TPSA) is 65.5 Å². The first-order valence-corrected chi connectivity index (χ1v) is 12.2. The fourth-order valence-corrected chi connectivity index (χ4v) is 4.84. The maximum Gasteiger partial charge on any atom is 0.151 e. The van der Waals surface area contributed by atoms with Crippen LogP contribution >= 0.6 is 0 Å². The molecule has 0 spiro atoms. The highest BCUT2D eigenvalue weighted by Crippen LogP contribution is 2.35. The van der Waals surface area contributed by atoms with Crippen molar-refractivity contribution in [3.8, 4) is 23.1 Å². The fourth-order valence-electron chi connectivity index (χ4n) is 4.84. The number of nitrogens with zero attached hydrogens (tertiary/aromatic N) is 4. The Kier molecular flexibility index (Phi) is 7.99. The van der Waals surface area contributed by atoms with Crippen LogP contribution in [-0.4, -0.2) is 54.8 Å². The van der Waals surface area contributed by atoms with E-state index in [1.165, 1.54) is 0 Å².